The van der Waals surface area contributed by atoms with Crippen molar-refractivity contribution in [1.29, 1.82) is 0 Å². The lowest BCUT2D eigenvalue weighted by atomic mass is 10.0. The number of likely N-dealkylation sites (tertiary alicyclic amines) is 1. The molecule has 1 aromatic carbocycles. The number of carbonyl (C=O) groups is 2. The molecule has 2 N–H and O–H groups in total. The molecular formula is C14H15Cl3N2O3. The maximum absolute atomic E-state index is 12.1. The Bertz CT molecular complexity index is 595. The summed E-state index contributed by atoms with van der Waals surface area (Å²) in [5.74, 6) is -1.24. The van der Waals surface area contributed by atoms with Gasteiger partial charge in [-0.05, 0) is 31.5 Å². The SMILES string of the molecule is O=C(CN1CCCCC1C(=O)O)Nc1cc(Cl)c(Cl)cc1Cl. The average molecular weight is 366 g/mol. The first-order valence-electron chi connectivity index (χ1n) is 6.79. The lowest BCUT2D eigenvalue weighted by Gasteiger charge is -2.32. The van der Waals surface area contributed by atoms with Crippen molar-refractivity contribution >= 4 is 52.4 Å². The zero-order valence-corrected chi connectivity index (χ0v) is 13.9. The molecule has 1 unspecified atom stereocenters. The summed E-state index contributed by atoms with van der Waals surface area (Å²) < 4.78 is 0. The van der Waals surface area contributed by atoms with Crippen molar-refractivity contribution in [3.8, 4) is 0 Å². The molecule has 0 aliphatic carbocycles. The summed E-state index contributed by atoms with van der Waals surface area (Å²) in [5, 5.41) is 12.7. The van der Waals surface area contributed by atoms with Crippen LogP contribution in [-0.4, -0.2) is 41.0 Å². The maximum atomic E-state index is 12.1. The molecule has 0 saturated carbocycles. The topological polar surface area (TPSA) is 69.6 Å². The molecule has 0 aromatic heterocycles. The highest BCUT2D eigenvalue weighted by atomic mass is 35.5. The largest absolute Gasteiger partial charge is 0.480 e. The van der Waals surface area contributed by atoms with Crippen LogP contribution in [0.25, 0.3) is 0 Å². The molecule has 120 valence electrons. The Morgan fingerprint density at radius 2 is 1.86 bits per heavy atom. The normalized spacial score (nSPS) is 19.0. The lowest BCUT2D eigenvalue weighted by Crippen LogP contribution is -2.47. The smallest absolute Gasteiger partial charge is 0.320 e. The Balaban J connectivity index is 2.03. The predicted octanol–water partition coefficient (Wildman–Crippen LogP) is 3.52. The van der Waals surface area contributed by atoms with Gasteiger partial charge in [-0.25, -0.2) is 0 Å². The van der Waals surface area contributed by atoms with Crippen LogP contribution in [-0.2, 0) is 9.59 Å². The number of aliphatic carboxylic acids is 1. The van der Waals surface area contributed by atoms with Gasteiger partial charge in [0.15, 0.2) is 0 Å². The summed E-state index contributed by atoms with van der Waals surface area (Å²) in [7, 11) is 0. The molecule has 0 spiro atoms. The molecule has 0 radical (unpaired) electrons. The van der Waals surface area contributed by atoms with Gasteiger partial charge in [-0.2, -0.15) is 0 Å². The van der Waals surface area contributed by atoms with Gasteiger partial charge >= 0.3 is 5.97 Å². The number of carboxylic acid groups (broad SMARTS) is 1. The van der Waals surface area contributed by atoms with Crippen LogP contribution in [0.2, 0.25) is 15.1 Å². The Morgan fingerprint density at radius 3 is 2.55 bits per heavy atom. The van der Waals surface area contributed by atoms with E-state index in [1.54, 1.807) is 4.90 Å². The number of carboxylic acids is 1. The molecule has 5 nitrogen and oxygen atoms in total. The van der Waals surface area contributed by atoms with Gasteiger partial charge in [0, 0.05) is 0 Å². The molecule has 1 saturated heterocycles. The highest BCUT2D eigenvalue weighted by Crippen LogP contribution is 2.32. The van der Waals surface area contributed by atoms with Crippen LogP contribution in [0.3, 0.4) is 0 Å². The van der Waals surface area contributed by atoms with Crippen molar-refractivity contribution in [2.24, 2.45) is 0 Å². The molecule has 1 aromatic rings. The molecule has 8 heteroatoms. The summed E-state index contributed by atoms with van der Waals surface area (Å²) in [6.07, 6.45) is 2.29. The fourth-order valence-electron chi connectivity index (χ4n) is 2.45. The summed E-state index contributed by atoms with van der Waals surface area (Å²) in [4.78, 5) is 25.0. The Morgan fingerprint density at radius 1 is 1.18 bits per heavy atom. The quantitative estimate of drug-likeness (QED) is 0.801. The second-order valence-electron chi connectivity index (χ2n) is 5.11. The summed E-state index contributed by atoms with van der Waals surface area (Å²) in [6, 6.07) is 2.29. The van der Waals surface area contributed by atoms with Crippen LogP contribution in [0.4, 0.5) is 5.69 Å². The van der Waals surface area contributed by atoms with Gasteiger partial charge in [0.1, 0.15) is 6.04 Å². The third-order valence-electron chi connectivity index (χ3n) is 3.53. The highest BCUT2D eigenvalue weighted by Gasteiger charge is 2.29. The number of halogens is 3. The number of anilines is 1. The number of amides is 1. The summed E-state index contributed by atoms with van der Waals surface area (Å²) in [6.45, 7) is 0.576. The van der Waals surface area contributed by atoms with Crippen LogP contribution < -0.4 is 5.32 Å². The van der Waals surface area contributed by atoms with Gasteiger partial charge in [0.2, 0.25) is 5.91 Å². The number of nitrogens with zero attached hydrogens (tertiary/aromatic N) is 1. The van der Waals surface area contributed by atoms with Crippen molar-refractivity contribution in [2.45, 2.75) is 25.3 Å². The molecule has 1 atom stereocenters. The number of benzene rings is 1. The van der Waals surface area contributed by atoms with Crippen molar-refractivity contribution in [2.75, 3.05) is 18.4 Å². The monoisotopic (exact) mass is 364 g/mol. The van der Waals surface area contributed by atoms with Crippen LogP contribution in [0, 0.1) is 0 Å². The van der Waals surface area contributed by atoms with E-state index in [4.69, 9.17) is 34.8 Å². The zero-order chi connectivity index (χ0) is 16.3. The highest BCUT2D eigenvalue weighted by molar-refractivity contribution is 6.44. The van der Waals surface area contributed by atoms with Gasteiger partial charge in [0.05, 0.1) is 27.3 Å². The van der Waals surface area contributed by atoms with Crippen LogP contribution in [0.1, 0.15) is 19.3 Å². The molecule has 1 heterocycles. The zero-order valence-electron chi connectivity index (χ0n) is 11.6. The minimum absolute atomic E-state index is 0.00641. The van der Waals surface area contributed by atoms with Gasteiger partial charge in [0.25, 0.3) is 0 Å². The molecule has 2 rings (SSSR count). The van der Waals surface area contributed by atoms with Crippen LogP contribution >= 0.6 is 34.8 Å². The van der Waals surface area contributed by atoms with Crippen LogP contribution in [0.15, 0.2) is 12.1 Å². The molecule has 22 heavy (non-hydrogen) atoms. The van der Waals surface area contributed by atoms with Gasteiger partial charge in [-0.1, -0.05) is 41.2 Å². The van der Waals surface area contributed by atoms with E-state index in [0.29, 0.717) is 23.7 Å². The first-order chi connectivity index (χ1) is 10.4. The molecule has 1 aliphatic heterocycles. The number of nitrogens with one attached hydrogen (secondary N) is 1. The first kappa shape index (κ1) is 17.3. The lowest BCUT2D eigenvalue weighted by molar-refractivity contribution is -0.145. The fraction of sp³-hybridized carbons (Fsp3) is 0.429. The third kappa shape index (κ3) is 4.26. The standard InChI is InChI=1S/C14H15Cl3N2O3/c15-8-5-10(17)11(6-9(8)16)18-13(20)7-19-4-2-1-3-12(19)14(21)22/h5-6,12H,1-4,7H2,(H,18,20)(H,21,22). The third-order valence-corrected chi connectivity index (χ3v) is 4.56. The number of rotatable bonds is 4. The molecule has 0 bridgehead atoms. The average Bonchev–Trinajstić information content (AvgIpc) is 2.45. The van der Waals surface area contributed by atoms with E-state index < -0.39 is 12.0 Å². The fourth-order valence-corrected chi connectivity index (χ4v) is 3.05. The van der Waals surface area contributed by atoms with E-state index in [0.717, 1.165) is 12.8 Å². The molecular weight excluding hydrogens is 351 g/mol. The maximum Gasteiger partial charge on any atom is 0.320 e. The van der Waals surface area contributed by atoms with Gasteiger partial charge in [-0.15, -0.1) is 0 Å². The van der Waals surface area contributed by atoms with Crippen molar-refractivity contribution in [3.05, 3.63) is 27.2 Å². The minimum Gasteiger partial charge on any atom is -0.480 e. The van der Waals surface area contributed by atoms with E-state index in [-0.39, 0.29) is 22.5 Å². The van der Waals surface area contributed by atoms with Crippen molar-refractivity contribution in [1.82, 2.24) is 4.90 Å². The molecule has 1 amide bonds. The first-order valence-corrected chi connectivity index (χ1v) is 7.93. The van der Waals surface area contributed by atoms with Gasteiger partial charge < -0.3 is 10.4 Å². The molecule has 1 fully saturated rings. The van der Waals surface area contributed by atoms with E-state index in [2.05, 4.69) is 5.32 Å². The number of piperidine rings is 1. The Labute approximate surface area is 143 Å². The number of carbonyl (C=O) groups excluding carboxylic acids is 1. The predicted molar refractivity (Wildman–Crippen MR) is 86.9 cm³/mol. The second-order valence-corrected chi connectivity index (χ2v) is 6.34. The number of hydrogen-bond acceptors (Lipinski definition) is 3. The summed E-state index contributed by atoms with van der Waals surface area (Å²) >= 11 is 17.7. The van der Waals surface area contributed by atoms with Gasteiger partial charge in [-0.3, -0.25) is 14.5 Å². The second kappa shape index (κ2) is 7.51. The van der Waals surface area contributed by atoms with Crippen molar-refractivity contribution < 1.29 is 14.7 Å². The van der Waals surface area contributed by atoms with E-state index in [1.165, 1.54) is 12.1 Å². The van der Waals surface area contributed by atoms with E-state index >= 15 is 0 Å². The van der Waals surface area contributed by atoms with E-state index in [9.17, 15) is 14.7 Å². The van der Waals surface area contributed by atoms with E-state index in [1.807, 2.05) is 0 Å². The van der Waals surface area contributed by atoms with Crippen molar-refractivity contribution in [3.63, 3.8) is 0 Å². The minimum atomic E-state index is -0.903. The summed E-state index contributed by atoms with van der Waals surface area (Å²) in [5.41, 5.74) is 0.352. The Hall–Kier alpha value is -1.01. The Kier molecular flexibility index (Phi) is 5.92. The number of hydrogen-bond donors (Lipinski definition) is 2. The molecule has 1 aliphatic rings. The van der Waals surface area contributed by atoms with Crippen LogP contribution in [0.5, 0.6) is 0 Å².